The maximum atomic E-state index is 13.7. The lowest BCUT2D eigenvalue weighted by Gasteiger charge is -2.29. The highest BCUT2D eigenvalue weighted by Gasteiger charge is 2.37. The van der Waals surface area contributed by atoms with E-state index in [0.717, 1.165) is 22.3 Å². The lowest BCUT2D eigenvalue weighted by molar-refractivity contribution is -0.178. The normalized spacial score (nSPS) is 20.7. The number of esters is 3. The van der Waals surface area contributed by atoms with Gasteiger partial charge in [0.2, 0.25) is 17.7 Å². The van der Waals surface area contributed by atoms with Crippen molar-refractivity contribution in [1.82, 2.24) is 16.0 Å². The highest BCUT2D eigenvalue weighted by Crippen LogP contribution is 2.24. The van der Waals surface area contributed by atoms with Crippen molar-refractivity contribution in [3.05, 3.63) is 88.0 Å². The van der Waals surface area contributed by atoms with Crippen LogP contribution >= 0.6 is 11.6 Å². The molecule has 0 saturated heterocycles. The van der Waals surface area contributed by atoms with Gasteiger partial charge >= 0.3 is 17.9 Å². The first-order valence-corrected chi connectivity index (χ1v) is 20.2. The zero-order chi connectivity index (χ0) is 43.2. The van der Waals surface area contributed by atoms with Gasteiger partial charge in [0.25, 0.3) is 0 Å². The summed E-state index contributed by atoms with van der Waals surface area (Å²) >= 11 is 6.35. The van der Waals surface area contributed by atoms with Gasteiger partial charge in [0.15, 0.2) is 6.10 Å². The van der Waals surface area contributed by atoms with Crippen molar-refractivity contribution in [3.8, 4) is 0 Å². The molecule has 0 fully saturated rings. The maximum Gasteiger partial charge on any atom is 0.347 e. The van der Waals surface area contributed by atoms with Crippen LogP contribution in [0.15, 0.2) is 60.7 Å². The Morgan fingerprint density at radius 2 is 1.67 bits per heavy atom. The Morgan fingerprint density at radius 1 is 1.00 bits per heavy atom. The standard InChI is InChI=1S/C45H60ClN3O9/c1-28(2)23-37-42(54)56-36(30(4)14-15-31-17-19-32(20-18-31)26-47-38(50)21-22-40(52)58-44(5,6)7)11-10-12-39(51)49-35(25-33-16-13-29(3)34(46)24-33)41(53)48-27-45(8,9)43(55)57-37/h10,12-20,24,28,30,35-37H,11,21-23,25-27H2,1-9H3,(H,47,50)(H,48,53)(H,49,51)/b12-10+,15-14+/t30-,35-,36+,37+/m1/s1. The van der Waals surface area contributed by atoms with E-state index in [-0.39, 0.29) is 62.9 Å². The minimum Gasteiger partial charge on any atom is -0.460 e. The summed E-state index contributed by atoms with van der Waals surface area (Å²) in [6.07, 6.45) is 5.28. The zero-order valence-corrected chi connectivity index (χ0v) is 36.0. The summed E-state index contributed by atoms with van der Waals surface area (Å²) in [5.41, 5.74) is 1.51. The summed E-state index contributed by atoms with van der Waals surface area (Å²) in [4.78, 5) is 78.2. The molecule has 3 N–H and O–H groups in total. The first kappa shape index (κ1) is 47.4. The highest BCUT2D eigenvalue weighted by molar-refractivity contribution is 6.31. The molecule has 0 bridgehead atoms. The van der Waals surface area contributed by atoms with E-state index < -0.39 is 59.0 Å². The van der Waals surface area contributed by atoms with Crippen LogP contribution in [0.1, 0.15) is 103 Å². The largest absolute Gasteiger partial charge is 0.460 e. The third kappa shape index (κ3) is 16.5. The molecule has 0 saturated carbocycles. The number of ether oxygens (including phenoxy) is 3. The van der Waals surface area contributed by atoms with E-state index in [4.69, 9.17) is 25.8 Å². The molecule has 12 nitrogen and oxygen atoms in total. The van der Waals surface area contributed by atoms with Crippen LogP contribution in [-0.2, 0) is 55.9 Å². The number of cyclic esters (lactones) is 2. The van der Waals surface area contributed by atoms with Crippen molar-refractivity contribution in [3.63, 3.8) is 0 Å². The Balaban J connectivity index is 1.79. The smallest absolute Gasteiger partial charge is 0.347 e. The van der Waals surface area contributed by atoms with Crippen LogP contribution in [0.3, 0.4) is 0 Å². The summed E-state index contributed by atoms with van der Waals surface area (Å²) in [5.74, 6) is -3.44. The SMILES string of the molecule is Cc1ccc(C[C@H]2NC(=O)/C=C/C[C@@H]([C@H](C)/C=C/c3ccc(CNC(=O)CCC(=O)OC(C)(C)C)cc3)OC(=O)[C@H](CC(C)C)OC(=O)C(C)(C)CNC2=O)cc1Cl. The molecule has 0 aliphatic carbocycles. The summed E-state index contributed by atoms with van der Waals surface area (Å²) < 4.78 is 17.1. The van der Waals surface area contributed by atoms with Gasteiger partial charge in [-0.3, -0.25) is 24.0 Å². The molecule has 4 atom stereocenters. The summed E-state index contributed by atoms with van der Waals surface area (Å²) in [7, 11) is 0. The Bertz CT molecular complexity index is 1830. The number of amides is 3. The second-order valence-electron chi connectivity index (χ2n) is 16.9. The minimum atomic E-state index is -1.22. The van der Waals surface area contributed by atoms with Crippen molar-refractivity contribution in [2.24, 2.45) is 17.3 Å². The van der Waals surface area contributed by atoms with Gasteiger partial charge in [0.05, 0.1) is 11.8 Å². The summed E-state index contributed by atoms with van der Waals surface area (Å²) in [6.45, 7) is 16.3. The first-order valence-electron chi connectivity index (χ1n) is 19.8. The zero-order valence-electron chi connectivity index (χ0n) is 35.2. The second-order valence-corrected chi connectivity index (χ2v) is 17.3. The molecule has 0 aromatic heterocycles. The predicted molar refractivity (Wildman–Crippen MR) is 223 cm³/mol. The van der Waals surface area contributed by atoms with E-state index in [1.165, 1.54) is 6.08 Å². The Labute approximate surface area is 347 Å². The predicted octanol–water partition coefficient (Wildman–Crippen LogP) is 6.74. The number of aryl methyl sites for hydroxylation is 1. The fourth-order valence-corrected chi connectivity index (χ4v) is 5.98. The Hall–Kier alpha value is -4.97. The average Bonchev–Trinajstić information content (AvgIpc) is 3.13. The molecule has 2 aromatic carbocycles. The fourth-order valence-electron chi connectivity index (χ4n) is 5.78. The molecule has 3 rings (SSSR count). The van der Waals surface area contributed by atoms with Crippen LogP contribution in [0.4, 0.5) is 0 Å². The highest BCUT2D eigenvalue weighted by atomic mass is 35.5. The monoisotopic (exact) mass is 821 g/mol. The van der Waals surface area contributed by atoms with Gasteiger partial charge in [0, 0.05) is 43.3 Å². The number of carbonyl (C=O) groups excluding carboxylic acids is 6. The number of nitrogens with one attached hydrogen (secondary N) is 3. The van der Waals surface area contributed by atoms with Gasteiger partial charge in [-0.1, -0.05) is 87.0 Å². The third-order valence-electron chi connectivity index (χ3n) is 9.29. The Morgan fingerprint density at radius 3 is 2.31 bits per heavy atom. The molecule has 13 heteroatoms. The molecule has 1 aliphatic heterocycles. The second kappa shape index (κ2) is 21.7. The number of carbonyl (C=O) groups is 6. The molecular weight excluding hydrogens is 762 g/mol. The van der Waals surface area contributed by atoms with Crippen LogP contribution in [0, 0.1) is 24.2 Å². The topological polar surface area (TPSA) is 166 Å². The molecule has 58 heavy (non-hydrogen) atoms. The van der Waals surface area contributed by atoms with Gasteiger partial charge in [-0.25, -0.2) is 4.79 Å². The van der Waals surface area contributed by atoms with Crippen molar-refractivity contribution in [2.75, 3.05) is 6.54 Å². The van der Waals surface area contributed by atoms with Crippen LogP contribution in [-0.4, -0.2) is 66.0 Å². The molecule has 2 aromatic rings. The van der Waals surface area contributed by atoms with Crippen molar-refractivity contribution in [1.29, 1.82) is 0 Å². The van der Waals surface area contributed by atoms with E-state index in [0.29, 0.717) is 5.02 Å². The third-order valence-corrected chi connectivity index (χ3v) is 9.70. The number of rotatable bonds is 12. The van der Waals surface area contributed by atoms with Crippen LogP contribution in [0.25, 0.3) is 6.08 Å². The molecule has 0 spiro atoms. The van der Waals surface area contributed by atoms with E-state index in [1.807, 2.05) is 76.2 Å². The molecule has 316 valence electrons. The number of hydrogen-bond donors (Lipinski definition) is 3. The van der Waals surface area contributed by atoms with Crippen LogP contribution < -0.4 is 16.0 Å². The number of halogens is 1. The fraction of sp³-hybridized carbons (Fsp3) is 0.511. The molecular formula is C45H60ClN3O9. The minimum absolute atomic E-state index is 0.00416. The Kier molecular flexibility index (Phi) is 17.7. The van der Waals surface area contributed by atoms with E-state index >= 15 is 0 Å². The lowest BCUT2D eigenvalue weighted by atomic mass is 9.93. The van der Waals surface area contributed by atoms with E-state index in [2.05, 4.69) is 16.0 Å². The molecule has 3 amide bonds. The number of benzene rings is 2. The van der Waals surface area contributed by atoms with Crippen molar-refractivity contribution < 1.29 is 43.0 Å². The average molecular weight is 822 g/mol. The van der Waals surface area contributed by atoms with Gasteiger partial charge < -0.3 is 30.2 Å². The van der Waals surface area contributed by atoms with Gasteiger partial charge in [0.1, 0.15) is 17.7 Å². The van der Waals surface area contributed by atoms with Gasteiger partial charge in [-0.05, 0) is 88.3 Å². The summed E-state index contributed by atoms with van der Waals surface area (Å²) in [5, 5.41) is 8.91. The first-order chi connectivity index (χ1) is 27.1. The lowest BCUT2D eigenvalue weighted by Crippen LogP contribution is -2.51. The van der Waals surface area contributed by atoms with E-state index in [9.17, 15) is 28.8 Å². The maximum absolute atomic E-state index is 13.7. The van der Waals surface area contributed by atoms with Crippen LogP contribution in [0.2, 0.25) is 5.02 Å². The van der Waals surface area contributed by atoms with Crippen molar-refractivity contribution in [2.45, 2.75) is 125 Å². The molecule has 1 heterocycles. The van der Waals surface area contributed by atoms with Gasteiger partial charge in [-0.15, -0.1) is 0 Å². The quantitative estimate of drug-likeness (QED) is 0.155. The van der Waals surface area contributed by atoms with Crippen LogP contribution in [0.5, 0.6) is 0 Å². The van der Waals surface area contributed by atoms with Crippen molar-refractivity contribution >= 4 is 53.3 Å². The summed E-state index contributed by atoms with van der Waals surface area (Å²) in [6, 6.07) is 12.0. The van der Waals surface area contributed by atoms with E-state index in [1.54, 1.807) is 46.8 Å². The molecule has 0 radical (unpaired) electrons. The molecule has 0 unspecified atom stereocenters. The molecule has 1 aliphatic rings. The number of hydrogen-bond acceptors (Lipinski definition) is 9. The van der Waals surface area contributed by atoms with Gasteiger partial charge in [-0.2, -0.15) is 0 Å².